The number of rotatable bonds is 4. The van der Waals surface area contributed by atoms with Gasteiger partial charge in [0.2, 0.25) is 0 Å². The highest BCUT2D eigenvalue weighted by atomic mass is 32.1. The Kier molecular flexibility index (Phi) is 4.71. The molecule has 0 aliphatic heterocycles. The minimum atomic E-state index is -0.0890. The molecule has 1 aliphatic rings. The van der Waals surface area contributed by atoms with E-state index in [1.54, 1.807) is 11.7 Å². The lowest BCUT2D eigenvalue weighted by Crippen LogP contribution is -2.24. The van der Waals surface area contributed by atoms with Crippen LogP contribution in [0.4, 0.5) is 0 Å². The summed E-state index contributed by atoms with van der Waals surface area (Å²) >= 11 is 1.35. The molecule has 2 aromatic heterocycles. The van der Waals surface area contributed by atoms with Crippen LogP contribution in [0.15, 0.2) is 59.4 Å². The average molecular weight is 417 g/mol. The minimum absolute atomic E-state index is 0.0890. The second-order valence-electron chi connectivity index (χ2n) is 7.41. The molecule has 0 spiro atoms. The number of nitrogens with zero attached hydrogens (tertiary/aromatic N) is 2. The maximum atomic E-state index is 13.7. The molecule has 150 valence electrons. The molecule has 0 amide bonds. The Morgan fingerprint density at radius 1 is 1.07 bits per heavy atom. The van der Waals surface area contributed by atoms with Crippen molar-refractivity contribution in [3.63, 3.8) is 0 Å². The number of hydrogen-bond donors (Lipinski definition) is 0. The van der Waals surface area contributed by atoms with E-state index in [-0.39, 0.29) is 11.3 Å². The molecule has 30 heavy (non-hydrogen) atoms. The third-order valence-electron chi connectivity index (χ3n) is 5.51. The molecule has 0 saturated carbocycles. The highest BCUT2D eigenvalue weighted by Gasteiger charge is 2.26. The van der Waals surface area contributed by atoms with E-state index < -0.39 is 0 Å². The quantitative estimate of drug-likeness (QED) is 0.484. The van der Waals surface area contributed by atoms with Crippen molar-refractivity contribution in [2.45, 2.75) is 25.8 Å². The molecule has 5 rings (SSSR count). The third-order valence-corrected chi connectivity index (χ3v) is 6.67. The van der Waals surface area contributed by atoms with Crippen molar-refractivity contribution in [2.75, 3.05) is 7.11 Å². The SMILES string of the molecule is COc1cccc(-c2nc3sc4c(c3c(=O)n2Cc2ccccc2)CCCC4=O)c1. The molecule has 5 nitrogen and oxygen atoms in total. The number of carbonyl (C=O) groups is 1. The molecule has 0 saturated heterocycles. The van der Waals surface area contributed by atoms with Gasteiger partial charge in [-0.05, 0) is 36.1 Å². The number of fused-ring (bicyclic) bond motifs is 3. The number of ketones is 1. The minimum Gasteiger partial charge on any atom is -0.497 e. The molecule has 0 N–H and O–H groups in total. The number of aryl methyl sites for hydroxylation is 1. The van der Waals surface area contributed by atoms with Crippen LogP contribution in [-0.4, -0.2) is 22.4 Å². The highest BCUT2D eigenvalue weighted by Crippen LogP contribution is 2.35. The van der Waals surface area contributed by atoms with Gasteiger partial charge in [0.05, 0.1) is 23.9 Å². The zero-order chi connectivity index (χ0) is 20.7. The van der Waals surface area contributed by atoms with Gasteiger partial charge in [-0.1, -0.05) is 42.5 Å². The first kappa shape index (κ1) is 18.8. The van der Waals surface area contributed by atoms with Crippen LogP contribution in [0.25, 0.3) is 21.6 Å². The lowest BCUT2D eigenvalue weighted by molar-refractivity contribution is 0.0977. The van der Waals surface area contributed by atoms with Crippen molar-refractivity contribution in [3.05, 3.63) is 81.0 Å². The van der Waals surface area contributed by atoms with Crippen LogP contribution in [0.5, 0.6) is 5.75 Å². The van der Waals surface area contributed by atoms with Crippen LogP contribution in [0, 0.1) is 0 Å². The molecule has 1 aliphatic carbocycles. The van der Waals surface area contributed by atoms with Gasteiger partial charge in [0.25, 0.3) is 5.56 Å². The summed E-state index contributed by atoms with van der Waals surface area (Å²) in [5, 5.41) is 0.602. The number of thiophene rings is 1. The van der Waals surface area contributed by atoms with Gasteiger partial charge in [-0.3, -0.25) is 14.2 Å². The van der Waals surface area contributed by atoms with Crippen LogP contribution in [0.2, 0.25) is 0 Å². The van der Waals surface area contributed by atoms with Crippen molar-refractivity contribution >= 4 is 27.3 Å². The Balaban J connectivity index is 1.79. The molecule has 0 radical (unpaired) electrons. The third kappa shape index (κ3) is 3.13. The summed E-state index contributed by atoms with van der Waals surface area (Å²) in [6.07, 6.45) is 2.08. The molecule has 6 heteroatoms. The van der Waals surface area contributed by atoms with Gasteiger partial charge < -0.3 is 4.74 Å². The predicted octanol–water partition coefficient (Wildman–Crippen LogP) is 4.70. The van der Waals surface area contributed by atoms with Crippen LogP contribution >= 0.6 is 11.3 Å². The summed E-state index contributed by atoms with van der Waals surface area (Å²) in [6.45, 7) is 0.410. The first-order valence-corrected chi connectivity index (χ1v) is 10.7. The van der Waals surface area contributed by atoms with Crippen LogP contribution in [0.1, 0.15) is 33.6 Å². The standard InChI is InChI=1S/C24H20N2O3S/c1-29-17-10-5-9-16(13-17)22-25-23-20(18-11-6-12-19(27)21(18)30-23)24(28)26(22)14-15-7-3-2-4-8-15/h2-5,7-10,13H,6,11-12,14H2,1H3. The van der Waals surface area contributed by atoms with Gasteiger partial charge in [-0.2, -0.15) is 0 Å². The van der Waals surface area contributed by atoms with Crippen molar-refractivity contribution in [1.29, 1.82) is 0 Å². The van der Waals surface area contributed by atoms with Crippen molar-refractivity contribution < 1.29 is 9.53 Å². The van der Waals surface area contributed by atoms with Gasteiger partial charge in [0, 0.05) is 12.0 Å². The van der Waals surface area contributed by atoms with E-state index in [9.17, 15) is 9.59 Å². The van der Waals surface area contributed by atoms with E-state index in [4.69, 9.17) is 9.72 Å². The fraction of sp³-hybridized carbons (Fsp3) is 0.208. The summed E-state index contributed by atoms with van der Waals surface area (Å²) in [6, 6.07) is 17.4. The maximum absolute atomic E-state index is 13.7. The summed E-state index contributed by atoms with van der Waals surface area (Å²) in [5.41, 5.74) is 2.61. The summed E-state index contributed by atoms with van der Waals surface area (Å²) in [4.78, 5) is 32.4. The van der Waals surface area contributed by atoms with E-state index in [0.29, 0.717) is 39.6 Å². The number of aromatic nitrogens is 2. The number of benzene rings is 2. The second kappa shape index (κ2) is 7.54. The highest BCUT2D eigenvalue weighted by molar-refractivity contribution is 7.20. The fourth-order valence-electron chi connectivity index (χ4n) is 4.04. The summed E-state index contributed by atoms with van der Waals surface area (Å²) in [7, 11) is 1.62. The van der Waals surface area contributed by atoms with E-state index in [1.165, 1.54) is 11.3 Å². The molecule has 0 unspecified atom stereocenters. The van der Waals surface area contributed by atoms with E-state index in [2.05, 4.69) is 0 Å². The Hall–Kier alpha value is -3.25. The number of ether oxygens (including phenoxy) is 1. The smallest absolute Gasteiger partial charge is 0.263 e. The van der Waals surface area contributed by atoms with E-state index >= 15 is 0 Å². The lowest BCUT2D eigenvalue weighted by Gasteiger charge is -2.14. The first-order chi connectivity index (χ1) is 14.7. The van der Waals surface area contributed by atoms with Crippen molar-refractivity contribution in [1.82, 2.24) is 9.55 Å². The van der Waals surface area contributed by atoms with Gasteiger partial charge in [0.15, 0.2) is 5.78 Å². The van der Waals surface area contributed by atoms with Crippen LogP contribution < -0.4 is 10.3 Å². The largest absolute Gasteiger partial charge is 0.497 e. The average Bonchev–Trinajstić information content (AvgIpc) is 3.16. The summed E-state index contributed by atoms with van der Waals surface area (Å²) in [5.74, 6) is 1.41. The van der Waals surface area contributed by atoms with Gasteiger partial charge in [0.1, 0.15) is 16.4 Å². The van der Waals surface area contributed by atoms with Gasteiger partial charge in [-0.15, -0.1) is 11.3 Å². The first-order valence-electron chi connectivity index (χ1n) is 9.93. The fourth-order valence-corrected chi connectivity index (χ4v) is 5.22. The Morgan fingerprint density at radius 3 is 2.70 bits per heavy atom. The molecular formula is C24H20N2O3S. The molecule has 0 fully saturated rings. The molecule has 0 atom stereocenters. The topological polar surface area (TPSA) is 61.2 Å². The molecule has 4 aromatic rings. The van der Waals surface area contributed by atoms with Crippen molar-refractivity contribution in [3.8, 4) is 17.1 Å². The Morgan fingerprint density at radius 2 is 1.90 bits per heavy atom. The number of Topliss-reactive ketones (excluding diaryl/α,β-unsaturated/α-hetero) is 1. The summed E-state index contributed by atoms with van der Waals surface area (Å²) < 4.78 is 7.10. The maximum Gasteiger partial charge on any atom is 0.263 e. The molecule has 0 bridgehead atoms. The second-order valence-corrected chi connectivity index (χ2v) is 8.41. The zero-order valence-electron chi connectivity index (χ0n) is 16.6. The zero-order valence-corrected chi connectivity index (χ0v) is 17.4. The molecule has 2 aromatic carbocycles. The monoisotopic (exact) mass is 416 g/mol. The van der Waals surface area contributed by atoms with Crippen LogP contribution in [-0.2, 0) is 13.0 Å². The number of hydrogen-bond acceptors (Lipinski definition) is 5. The molecular weight excluding hydrogens is 396 g/mol. The van der Waals surface area contributed by atoms with Crippen molar-refractivity contribution in [2.24, 2.45) is 0 Å². The number of carbonyl (C=O) groups excluding carboxylic acids is 1. The van der Waals surface area contributed by atoms with E-state index in [1.807, 2.05) is 54.6 Å². The normalized spacial score (nSPS) is 13.4. The van der Waals surface area contributed by atoms with E-state index in [0.717, 1.165) is 29.5 Å². The number of methoxy groups -OCH3 is 1. The Labute approximate surface area is 177 Å². The predicted molar refractivity (Wildman–Crippen MR) is 119 cm³/mol. The van der Waals surface area contributed by atoms with Crippen LogP contribution in [0.3, 0.4) is 0 Å². The Bertz CT molecular complexity index is 1320. The molecule has 2 heterocycles. The van der Waals surface area contributed by atoms with Gasteiger partial charge >= 0.3 is 0 Å². The lowest BCUT2D eigenvalue weighted by atomic mass is 9.96. The van der Waals surface area contributed by atoms with Gasteiger partial charge in [-0.25, -0.2) is 4.98 Å².